The summed E-state index contributed by atoms with van der Waals surface area (Å²) in [7, 11) is -3.06. The average molecular weight is 220 g/mol. The molecule has 0 saturated heterocycles. The van der Waals surface area contributed by atoms with Crippen molar-refractivity contribution in [3.8, 4) is 0 Å². The molecule has 0 heterocycles. The standard InChI is InChI=1S/C9H20N2O2S/c1-2-4-8-7-9(8)11-14(12,13)6-3-5-10/h8-9,11H,2-7,10H2,1H3. The van der Waals surface area contributed by atoms with Gasteiger partial charge in [-0.3, -0.25) is 0 Å². The molecule has 4 nitrogen and oxygen atoms in total. The molecule has 3 N–H and O–H groups in total. The van der Waals surface area contributed by atoms with E-state index in [0.29, 0.717) is 18.9 Å². The van der Waals surface area contributed by atoms with Crippen LogP contribution in [0.2, 0.25) is 0 Å². The monoisotopic (exact) mass is 220 g/mol. The molecule has 0 aliphatic heterocycles. The Labute approximate surface area is 86.3 Å². The van der Waals surface area contributed by atoms with Crippen LogP contribution in [0, 0.1) is 5.92 Å². The fraction of sp³-hybridized carbons (Fsp3) is 1.00. The Kier molecular flexibility index (Phi) is 4.34. The van der Waals surface area contributed by atoms with Crippen LogP contribution >= 0.6 is 0 Å². The van der Waals surface area contributed by atoms with Crippen LogP contribution < -0.4 is 10.5 Å². The Balaban J connectivity index is 2.24. The quantitative estimate of drug-likeness (QED) is 0.654. The van der Waals surface area contributed by atoms with Gasteiger partial charge in [-0.15, -0.1) is 0 Å². The molecule has 0 radical (unpaired) electrons. The largest absolute Gasteiger partial charge is 0.330 e. The fourth-order valence-electron chi connectivity index (χ4n) is 1.64. The molecule has 84 valence electrons. The Morgan fingerprint density at radius 3 is 2.79 bits per heavy atom. The van der Waals surface area contributed by atoms with Crippen LogP contribution in [0.15, 0.2) is 0 Å². The molecule has 2 unspecified atom stereocenters. The minimum atomic E-state index is -3.06. The van der Waals surface area contributed by atoms with Crippen molar-refractivity contribution in [3.05, 3.63) is 0 Å². The summed E-state index contributed by atoms with van der Waals surface area (Å²) < 4.78 is 25.6. The average Bonchev–Trinajstić information content (AvgIpc) is 2.80. The van der Waals surface area contributed by atoms with E-state index in [1.807, 2.05) is 0 Å². The fourth-order valence-corrected chi connectivity index (χ4v) is 3.06. The maximum absolute atomic E-state index is 11.4. The lowest BCUT2D eigenvalue weighted by Gasteiger charge is -2.04. The van der Waals surface area contributed by atoms with Crippen LogP contribution in [-0.2, 0) is 10.0 Å². The van der Waals surface area contributed by atoms with Gasteiger partial charge >= 0.3 is 0 Å². The highest BCUT2D eigenvalue weighted by Crippen LogP contribution is 2.34. The minimum absolute atomic E-state index is 0.166. The number of nitrogens with one attached hydrogen (secondary N) is 1. The molecule has 1 fully saturated rings. The van der Waals surface area contributed by atoms with Crippen molar-refractivity contribution in [2.45, 2.75) is 38.6 Å². The maximum atomic E-state index is 11.4. The molecule has 5 heteroatoms. The number of rotatable bonds is 7. The van der Waals surface area contributed by atoms with Crippen molar-refractivity contribution in [2.75, 3.05) is 12.3 Å². The van der Waals surface area contributed by atoms with Crippen LogP contribution in [0.1, 0.15) is 32.6 Å². The molecule has 0 spiro atoms. The van der Waals surface area contributed by atoms with Crippen molar-refractivity contribution in [2.24, 2.45) is 11.7 Å². The molecular formula is C9H20N2O2S. The minimum Gasteiger partial charge on any atom is -0.330 e. The second-order valence-corrected chi connectivity index (χ2v) is 5.84. The maximum Gasteiger partial charge on any atom is 0.211 e. The van der Waals surface area contributed by atoms with Gasteiger partial charge in [0.25, 0.3) is 0 Å². The first-order valence-corrected chi connectivity index (χ1v) is 6.94. The van der Waals surface area contributed by atoms with Crippen molar-refractivity contribution in [3.63, 3.8) is 0 Å². The highest BCUT2D eigenvalue weighted by Gasteiger charge is 2.38. The molecule has 14 heavy (non-hydrogen) atoms. The van der Waals surface area contributed by atoms with Crippen LogP contribution in [0.4, 0.5) is 0 Å². The molecule has 1 saturated carbocycles. The molecule has 0 amide bonds. The zero-order valence-corrected chi connectivity index (χ0v) is 9.52. The molecule has 0 aromatic heterocycles. The van der Waals surface area contributed by atoms with Gasteiger partial charge in [-0.1, -0.05) is 13.3 Å². The third-order valence-electron chi connectivity index (χ3n) is 2.53. The summed E-state index contributed by atoms with van der Waals surface area (Å²) >= 11 is 0. The van der Waals surface area contributed by atoms with Crippen LogP contribution in [0.5, 0.6) is 0 Å². The number of nitrogens with two attached hydrogens (primary N) is 1. The van der Waals surface area contributed by atoms with E-state index >= 15 is 0 Å². The molecule has 1 aliphatic rings. The first kappa shape index (κ1) is 11.9. The molecule has 0 aromatic rings. The smallest absolute Gasteiger partial charge is 0.211 e. The van der Waals surface area contributed by atoms with E-state index in [0.717, 1.165) is 19.3 Å². The van der Waals surface area contributed by atoms with Crippen LogP contribution in [0.3, 0.4) is 0 Å². The van der Waals surface area contributed by atoms with E-state index in [1.54, 1.807) is 0 Å². The van der Waals surface area contributed by atoms with Crippen molar-refractivity contribution >= 4 is 10.0 Å². The second kappa shape index (κ2) is 5.09. The summed E-state index contributed by atoms with van der Waals surface area (Å²) in [6.07, 6.45) is 3.81. The Hall–Kier alpha value is -0.130. The van der Waals surface area contributed by atoms with Crippen molar-refractivity contribution < 1.29 is 8.42 Å². The third-order valence-corrected chi connectivity index (χ3v) is 4.02. The third kappa shape index (κ3) is 3.94. The van der Waals surface area contributed by atoms with E-state index in [4.69, 9.17) is 5.73 Å². The highest BCUT2D eigenvalue weighted by atomic mass is 32.2. The molecule has 0 aromatic carbocycles. The summed E-state index contributed by atoms with van der Waals surface area (Å²) in [6, 6.07) is 0.206. The zero-order valence-electron chi connectivity index (χ0n) is 8.70. The van der Waals surface area contributed by atoms with Gasteiger partial charge in [0.1, 0.15) is 0 Å². The van der Waals surface area contributed by atoms with E-state index < -0.39 is 10.0 Å². The van der Waals surface area contributed by atoms with Gasteiger partial charge in [0.2, 0.25) is 10.0 Å². The molecular weight excluding hydrogens is 200 g/mol. The van der Waals surface area contributed by atoms with Gasteiger partial charge in [0.05, 0.1) is 5.75 Å². The van der Waals surface area contributed by atoms with E-state index in [2.05, 4.69) is 11.6 Å². The Morgan fingerprint density at radius 2 is 2.21 bits per heavy atom. The molecule has 2 atom stereocenters. The summed E-state index contributed by atoms with van der Waals surface area (Å²) in [5.41, 5.74) is 5.26. The predicted octanol–water partition coefficient (Wildman–Crippen LogP) is 0.443. The van der Waals surface area contributed by atoms with E-state index in [1.165, 1.54) is 0 Å². The van der Waals surface area contributed by atoms with Crippen molar-refractivity contribution in [1.29, 1.82) is 0 Å². The van der Waals surface area contributed by atoms with Crippen LogP contribution in [0.25, 0.3) is 0 Å². The Morgan fingerprint density at radius 1 is 1.50 bits per heavy atom. The number of hydrogen-bond donors (Lipinski definition) is 2. The van der Waals surface area contributed by atoms with Crippen molar-refractivity contribution in [1.82, 2.24) is 4.72 Å². The molecule has 0 bridgehead atoms. The predicted molar refractivity (Wildman–Crippen MR) is 57.4 cm³/mol. The summed E-state index contributed by atoms with van der Waals surface area (Å²) in [4.78, 5) is 0. The number of hydrogen-bond acceptors (Lipinski definition) is 3. The molecule has 1 aliphatic carbocycles. The summed E-state index contributed by atoms with van der Waals surface area (Å²) in [5.74, 6) is 0.742. The number of sulfonamides is 1. The van der Waals surface area contributed by atoms with Crippen LogP contribution in [-0.4, -0.2) is 26.8 Å². The lowest BCUT2D eigenvalue weighted by atomic mass is 10.2. The topological polar surface area (TPSA) is 72.2 Å². The van der Waals surface area contributed by atoms with Gasteiger partial charge in [-0.2, -0.15) is 0 Å². The summed E-state index contributed by atoms with van der Waals surface area (Å²) in [6.45, 7) is 2.56. The first-order chi connectivity index (χ1) is 6.59. The second-order valence-electron chi connectivity index (χ2n) is 3.97. The normalized spacial score (nSPS) is 26.4. The lowest BCUT2D eigenvalue weighted by molar-refractivity contribution is 0.571. The summed E-state index contributed by atoms with van der Waals surface area (Å²) in [5, 5.41) is 0. The van der Waals surface area contributed by atoms with Gasteiger partial charge in [0.15, 0.2) is 0 Å². The zero-order chi connectivity index (χ0) is 10.6. The molecule has 1 rings (SSSR count). The van der Waals surface area contributed by atoms with E-state index in [-0.39, 0.29) is 11.8 Å². The van der Waals surface area contributed by atoms with Gasteiger partial charge in [-0.05, 0) is 31.7 Å². The Bertz CT molecular complexity index is 264. The van der Waals surface area contributed by atoms with Gasteiger partial charge in [-0.25, -0.2) is 13.1 Å². The SMILES string of the molecule is CCCC1CC1NS(=O)(=O)CCCN. The van der Waals surface area contributed by atoms with E-state index in [9.17, 15) is 8.42 Å². The van der Waals surface area contributed by atoms with Gasteiger partial charge < -0.3 is 5.73 Å². The van der Waals surface area contributed by atoms with Gasteiger partial charge in [0, 0.05) is 6.04 Å². The first-order valence-electron chi connectivity index (χ1n) is 5.29. The lowest BCUT2D eigenvalue weighted by Crippen LogP contribution is -2.30. The highest BCUT2D eigenvalue weighted by molar-refractivity contribution is 7.89.